The van der Waals surface area contributed by atoms with Crippen LogP contribution in [0.4, 0.5) is 0 Å². The van der Waals surface area contributed by atoms with Gasteiger partial charge in [0.25, 0.3) is 0 Å². The molecule has 0 saturated carbocycles. The molecular weight excluding hydrogens is 232 g/mol. The zero-order chi connectivity index (χ0) is 13.4. The second kappa shape index (κ2) is 7.06. The minimum atomic E-state index is 0.169. The van der Waals surface area contributed by atoms with Crippen LogP contribution < -0.4 is 9.47 Å². The topological polar surface area (TPSA) is 58.9 Å². The standard InChI is InChI=1S/C8H10O2.C6H6O2/c1-9-7-3-5-8(10-2)6-4-7;7-5-1-2-6(8)4-3-5/h3-6H,1-2H3;1-4,7-8H. The first kappa shape index (κ1) is 13.7. The third kappa shape index (κ3) is 4.65. The van der Waals surface area contributed by atoms with E-state index in [1.165, 1.54) is 24.3 Å². The number of phenolic OH excluding ortho intramolecular Hbond substituents is 2. The quantitative estimate of drug-likeness (QED) is 0.802. The van der Waals surface area contributed by atoms with Gasteiger partial charge in [-0.25, -0.2) is 0 Å². The van der Waals surface area contributed by atoms with Gasteiger partial charge in [-0.3, -0.25) is 0 Å². The average Bonchev–Trinajstić information content (AvgIpc) is 2.43. The molecule has 0 amide bonds. The number of phenols is 2. The van der Waals surface area contributed by atoms with Crippen LogP contribution in [-0.4, -0.2) is 24.4 Å². The van der Waals surface area contributed by atoms with E-state index in [4.69, 9.17) is 19.7 Å². The summed E-state index contributed by atoms with van der Waals surface area (Å²) in [5, 5.41) is 17.3. The van der Waals surface area contributed by atoms with Crippen LogP contribution >= 0.6 is 0 Å². The van der Waals surface area contributed by atoms with E-state index in [2.05, 4.69) is 0 Å². The fourth-order valence-corrected chi connectivity index (χ4v) is 1.16. The molecule has 0 atom stereocenters. The maximum absolute atomic E-state index is 8.65. The first-order valence-electron chi connectivity index (χ1n) is 5.31. The first-order chi connectivity index (χ1) is 8.65. The fourth-order valence-electron chi connectivity index (χ4n) is 1.16. The number of rotatable bonds is 2. The molecule has 0 aliphatic rings. The molecule has 4 heteroatoms. The van der Waals surface area contributed by atoms with Gasteiger partial charge in [-0.05, 0) is 48.5 Å². The van der Waals surface area contributed by atoms with Gasteiger partial charge in [0.15, 0.2) is 0 Å². The summed E-state index contributed by atoms with van der Waals surface area (Å²) in [6, 6.07) is 13.1. The lowest BCUT2D eigenvalue weighted by Gasteiger charge is -2.00. The summed E-state index contributed by atoms with van der Waals surface area (Å²) >= 11 is 0. The van der Waals surface area contributed by atoms with Gasteiger partial charge in [0.05, 0.1) is 14.2 Å². The average molecular weight is 248 g/mol. The largest absolute Gasteiger partial charge is 0.508 e. The predicted octanol–water partition coefficient (Wildman–Crippen LogP) is 2.80. The number of methoxy groups -OCH3 is 2. The Morgan fingerprint density at radius 1 is 0.611 bits per heavy atom. The lowest BCUT2D eigenvalue weighted by molar-refractivity contribution is 0.403. The molecule has 0 unspecified atom stereocenters. The fraction of sp³-hybridized carbons (Fsp3) is 0.143. The van der Waals surface area contributed by atoms with Crippen molar-refractivity contribution < 1.29 is 19.7 Å². The van der Waals surface area contributed by atoms with E-state index < -0.39 is 0 Å². The Kier molecular flexibility index (Phi) is 5.38. The highest BCUT2D eigenvalue weighted by Gasteiger charge is 1.90. The van der Waals surface area contributed by atoms with Crippen molar-refractivity contribution in [2.75, 3.05) is 14.2 Å². The Labute approximate surface area is 106 Å². The predicted molar refractivity (Wildman–Crippen MR) is 69.3 cm³/mol. The molecule has 0 aromatic heterocycles. The summed E-state index contributed by atoms with van der Waals surface area (Å²) < 4.78 is 9.92. The molecule has 2 rings (SSSR count). The monoisotopic (exact) mass is 248 g/mol. The Morgan fingerprint density at radius 2 is 0.889 bits per heavy atom. The molecule has 2 aromatic rings. The summed E-state index contributed by atoms with van der Waals surface area (Å²) in [6.45, 7) is 0. The smallest absolute Gasteiger partial charge is 0.119 e. The van der Waals surface area contributed by atoms with Crippen molar-refractivity contribution in [2.24, 2.45) is 0 Å². The van der Waals surface area contributed by atoms with E-state index in [0.717, 1.165) is 11.5 Å². The van der Waals surface area contributed by atoms with Gasteiger partial charge in [-0.2, -0.15) is 0 Å². The van der Waals surface area contributed by atoms with Gasteiger partial charge in [0, 0.05) is 0 Å². The van der Waals surface area contributed by atoms with E-state index in [0.29, 0.717) is 0 Å². The van der Waals surface area contributed by atoms with Crippen molar-refractivity contribution >= 4 is 0 Å². The lowest BCUT2D eigenvalue weighted by atomic mass is 10.3. The molecule has 0 bridgehead atoms. The molecule has 0 fully saturated rings. The Hall–Kier alpha value is -2.36. The van der Waals surface area contributed by atoms with Gasteiger partial charge in [-0.15, -0.1) is 0 Å². The zero-order valence-electron chi connectivity index (χ0n) is 10.3. The van der Waals surface area contributed by atoms with Crippen LogP contribution in [0.1, 0.15) is 0 Å². The van der Waals surface area contributed by atoms with Crippen LogP contribution in [0.2, 0.25) is 0 Å². The first-order valence-corrected chi connectivity index (χ1v) is 5.31. The van der Waals surface area contributed by atoms with Crippen molar-refractivity contribution in [2.45, 2.75) is 0 Å². The van der Waals surface area contributed by atoms with Crippen LogP contribution in [0.25, 0.3) is 0 Å². The lowest BCUT2D eigenvalue weighted by Crippen LogP contribution is -1.83. The highest BCUT2D eigenvalue weighted by Crippen LogP contribution is 2.15. The third-order valence-electron chi connectivity index (χ3n) is 2.14. The van der Waals surface area contributed by atoms with Crippen molar-refractivity contribution in [1.29, 1.82) is 0 Å². The highest BCUT2D eigenvalue weighted by atomic mass is 16.5. The van der Waals surface area contributed by atoms with E-state index in [-0.39, 0.29) is 11.5 Å². The van der Waals surface area contributed by atoms with Gasteiger partial charge in [0.1, 0.15) is 23.0 Å². The van der Waals surface area contributed by atoms with Gasteiger partial charge >= 0.3 is 0 Å². The van der Waals surface area contributed by atoms with Gasteiger partial charge < -0.3 is 19.7 Å². The SMILES string of the molecule is COc1ccc(OC)cc1.Oc1ccc(O)cc1. The maximum Gasteiger partial charge on any atom is 0.119 e. The number of aromatic hydroxyl groups is 2. The van der Waals surface area contributed by atoms with Crippen LogP contribution in [-0.2, 0) is 0 Å². The number of hydrogen-bond donors (Lipinski definition) is 2. The second-order valence-corrected chi connectivity index (χ2v) is 3.40. The number of ether oxygens (including phenoxy) is 2. The molecule has 0 radical (unpaired) electrons. The van der Waals surface area contributed by atoms with E-state index in [1.54, 1.807) is 14.2 Å². The molecule has 18 heavy (non-hydrogen) atoms. The molecule has 0 aliphatic carbocycles. The molecule has 2 aromatic carbocycles. The Bertz CT molecular complexity index is 404. The minimum absolute atomic E-state index is 0.169. The zero-order valence-corrected chi connectivity index (χ0v) is 10.3. The van der Waals surface area contributed by atoms with Crippen LogP contribution in [0.15, 0.2) is 48.5 Å². The second-order valence-electron chi connectivity index (χ2n) is 3.40. The molecular formula is C14H16O4. The van der Waals surface area contributed by atoms with Crippen molar-refractivity contribution in [3.63, 3.8) is 0 Å². The Morgan fingerprint density at radius 3 is 1.11 bits per heavy atom. The van der Waals surface area contributed by atoms with Crippen LogP contribution in [0, 0.1) is 0 Å². The molecule has 96 valence electrons. The third-order valence-corrected chi connectivity index (χ3v) is 2.14. The number of benzene rings is 2. The molecule has 2 N–H and O–H groups in total. The van der Waals surface area contributed by atoms with Crippen LogP contribution in [0.5, 0.6) is 23.0 Å². The molecule has 0 aliphatic heterocycles. The molecule has 4 nitrogen and oxygen atoms in total. The maximum atomic E-state index is 8.65. The molecule has 0 spiro atoms. The van der Waals surface area contributed by atoms with Crippen molar-refractivity contribution in [3.05, 3.63) is 48.5 Å². The summed E-state index contributed by atoms with van der Waals surface area (Å²) in [7, 11) is 3.28. The van der Waals surface area contributed by atoms with Gasteiger partial charge in [-0.1, -0.05) is 0 Å². The molecule has 0 saturated heterocycles. The van der Waals surface area contributed by atoms with Crippen molar-refractivity contribution in [3.8, 4) is 23.0 Å². The minimum Gasteiger partial charge on any atom is -0.508 e. The van der Waals surface area contributed by atoms with Gasteiger partial charge in [0.2, 0.25) is 0 Å². The van der Waals surface area contributed by atoms with Crippen LogP contribution in [0.3, 0.4) is 0 Å². The van der Waals surface area contributed by atoms with E-state index in [9.17, 15) is 0 Å². The summed E-state index contributed by atoms with van der Waals surface area (Å²) in [6.07, 6.45) is 0. The van der Waals surface area contributed by atoms with E-state index >= 15 is 0 Å². The van der Waals surface area contributed by atoms with E-state index in [1.807, 2.05) is 24.3 Å². The Balaban J connectivity index is 0.000000184. The summed E-state index contributed by atoms with van der Waals surface area (Å²) in [5.74, 6) is 2.03. The summed E-state index contributed by atoms with van der Waals surface area (Å²) in [5.41, 5.74) is 0. The normalized spacial score (nSPS) is 9.00. The summed E-state index contributed by atoms with van der Waals surface area (Å²) in [4.78, 5) is 0. The number of hydrogen-bond acceptors (Lipinski definition) is 4. The molecule has 0 heterocycles. The van der Waals surface area contributed by atoms with Crippen molar-refractivity contribution in [1.82, 2.24) is 0 Å². The highest BCUT2D eigenvalue weighted by molar-refractivity contribution is 5.31.